The third-order valence-electron chi connectivity index (χ3n) is 5.16. The first kappa shape index (κ1) is 26.7. The number of ether oxygens (including phenoxy) is 1. The summed E-state index contributed by atoms with van der Waals surface area (Å²) in [5.41, 5.74) is 5.88. The fourth-order valence-corrected chi connectivity index (χ4v) is 3.44. The fraction of sp³-hybridized carbons (Fsp3) is 0.480. The van der Waals surface area contributed by atoms with Gasteiger partial charge < -0.3 is 31.4 Å². The smallest absolute Gasteiger partial charge is 0.407 e. The van der Waals surface area contributed by atoms with E-state index in [1.807, 2.05) is 32.0 Å². The number of aromatic nitrogens is 2. The van der Waals surface area contributed by atoms with E-state index in [9.17, 15) is 9.59 Å². The van der Waals surface area contributed by atoms with Gasteiger partial charge in [-0.05, 0) is 63.8 Å². The Bertz CT molecular complexity index is 1100. The van der Waals surface area contributed by atoms with Gasteiger partial charge in [-0.1, -0.05) is 13.0 Å². The normalized spacial score (nSPS) is 14.3. The van der Waals surface area contributed by atoms with E-state index in [2.05, 4.69) is 41.8 Å². The predicted molar refractivity (Wildman–Crippen MR) is 141 cm³/mol. The van der Waals surface area contributed by atoms with Crippen molar-refractivity contribution in [3.05, 3.63) is 41.1 Å². The second-order valence-electron chi connectivity index (χ2n) is 9.50. The third-order valence-corrected chi connectivity index (χ3v) is 5.16. The molecule has 0 fully saturated rings. The van der Waals surface area contributed by atoms with Crippen molar-refractivity contribution in [2.75, 3.05) is 30.3 Å². The minimum atomic E-state index is -0.550. The highest BCUT2D eigenvalue weighted by atomic mass is 16.6. The number of hydrazone groups is 1. The lowest BCUT2D eigenvalue weighted by Crippen LogP contribution is -2.34. The van der Waals surface area contributed by atoms with E-state index in [0.29, 0.717) is 43.4 Å². The molecule has 11 nitrogen and oxygen atoms in total. The predicted octanol–water partition coefficient (Wildman–Crippen LogP) is 3.68. The molecule has 5 N–H and O–H groups in total. The van der Waals surface area contributed by atoms with Crippen LogP contribution in [-0.4, -0.2) is 53.4 Å². The number of anilines is 3. The SMILES string of the molecule is CCCNc1nc(Nc2ccc3c(c2)C(C)NN=C3)ncc1C(=O)NCCCNC(=O)OC(C)(C)C. The molecule has 0 radical (unpaired) electrons. The van der Waals surface area contributed by atoms with Gasteiger partial charge in [0.15, 0.2) is 0 Å². The summed E-state index contributed by atoms with van der Waals surface area (Å²) in [7, 11) is 0. The van der Waals surface area contributed by atoms with Gasteiger partial charge in [0.05, 0.1) is 12.3 Å². The molecule has 0 saturated heterocycles. The molecule has 1 aliphatic heterocycles. The summed E-state index contributed by atoms with van der Waals surface area (Å²) in [6.45, 7) is 10.9. The van der Waals surface area contributed by atoms with Crippen LogP contribution in [0.25, 0.3) is 0 Å². The van der Waals surface area contributed by atoms with Gasteiger partial charge in [0.25, 0.3) is 5.91 Å². The van der Waals surface area contributed by atoms with Gasteiger partial charge >= 0.3 is 6.09 Å². The van der Waals surface area contributed by atoms with Crippen molar-refractivity contribution >= 4 is 35.7 Å². The Morgan fingerprint density at radius 1 is 1.14 bits per heavy atom. The topological polar surface area (TPSA) is 142 Å². The van der Waals surface area contributed by atoms with Crippen molar-refractivity contribution in [1.29, 1.82) is 0 Å². The van der Waals surface area contributed by atoms with Gasteiger partial charge in [0.1, 0.15) is 17.0 Å². The van der Waals surface area contributed by atoms with Crippen LogP contribution in [0.1, 0.15) is 75.0 Å². The first-order valence-electron chi connectivity index (χ1n) is 12.2. The van der Waals surface area contributed by atoms with E-state index in [4.69, 9.17) is 4.74 Å². The van der Waals surface area contributed by atoms with Crippen LogP contribution in [-0.2, 0) is 4.74 Å². The van der Waals surface area contributed by atoms with Crippen molar-refractivity contribution in [3.63, 3.8) is 0 Å². The molecule has 2 heterocycles. The largest absolute Gasteiger partial charge is 0.444 e. The molecule has 1 aromatic carbocycles. The molecule has 11 heteroatoms. The first-order valence-corrected chi connectivity index (χ1v) is 12.2. The monoisotopic (exact) mass is 496 g/mol. The average Bonchev–Trinajstić information content (AvgIpc) is 2.82. The van der Waals surface area contributed by atoms with Crippen LogP contribution >= 0.6 is 0 Å². The van der Waals surface area contributed by atoms with Crippen LogP contribution in [0.3, 0.4) is 0 Å². The maximum Gasteiger partial charge on any atom is 0.407 e. The van der Waals surface area contributed by atoms with E-state index in [0.717, 1.165) is 23.2 Å². The zero-order valence-electron chi connectivity index (χ0n) is 21.6. The minimum absolute atomic E-state index is 0.0971. The molecule has 1 unspecified atom stereocenters. The number of alkyl carbamates (subject to hydrolysis) is 1. The summed E-state index contributed by atoms with van der Waals surface area (Å²) in [5, 5.41) is 16.1. The second-order valence-corrected chi connectivity index (χ2v) is 9.50. The van der Waals surface area contributed by atoms with Gasteiger partial charge in [-0.2, -0.15) is 10.1 Å². The Kier molecular flexibility index (Phi) is 9.04. The lowest BCUT2D eigenvalue weighted by Gasteiger charge is -2.20. The highest BCUT2D eigenvalue weighted by Gasteiger charge is 2.17. The molecule has 0 aliphatic carbocycles. The molecule has 1 atom stereocenters. The van der Waals surface area contributed by atoms with Crippen LogP contribution in [0.4, 0.5) is 22.2 Å². The van der Waals surface area contributed by atoms with Crippen molar-refractivity contribution in [2.45, 2.75) is 59.1 Å². The number of nitrogens with zero attached hydrogens (tertiary/aromatic N) is 3. The summed E-state index contributed by atoms with van der Waals surface area (Å²) in [6.07, 6.45) is 4.26. The van der Waals surface area contributed by atoms with Crippen LogP contribution in [0.2, 0.25) is 0 Å². The molecular formula is C25H36N8O3. The number of nitrogens with one attached hydrogen (secondary N) is 5. The molecule has 0 bridgehead atoms. The summed E-state index contributed by atoms with van der Waals surface area (Å²) >= 11 is 0. The maximum atomic E-state index is 12.8. The maximum absolute atomic E-state index is 12.8. The van der Waals surface area contributed by atoms with Gasteiger partial charge in [-0.25, -0.2) is 9.78 Å². The highest BCUT2D eigenvalue weighted by Crippen LogP contribution is 2.25. The van der Waals surface area contributed by atoms with E-state index < -0.39 is 11.7 Å². The molecule has 194 valence electrons. The number of carbonyl (C=O) groups excluding carboxylic acids is 2. The molecular weight excluding hydrogens is 460 g/mol. The van der Waals surface area contributed by atoms with E-state index >= 15 is 0 Å². The molecule has 0 saturated carbocycles. The molecule has 2 aromatic rings. The molecule has 0 spiro atoms. The second kappa shape index (κ2) is 12.2. The summed E-state index contributed by atoms with van der Waals surface area (Å²) in [6, 6.07) is 6.07. The van der Waals surface area contributed by atoms with E-state index in [1.165, 1.54) is 6.20 Å². The third kappa shape index (κ3) is 7.82. The summed E-state index contributed by atoms with van der Waals surface area (Å²) in [5.74, 6) is 0.556. The lowest BCUT2D eigenvalue weighted by molar-refractivity contribution is 0.0527. The Balaban J connectivity index is 1.60. The number of benzene rings is 1. The van der Waals surface area contributed by atoms with Crippen molar-refractivity contribution in [3.8, 4) is 0 Å². The van der Waals surface area contributed by atoms with Crippen molar-refractivity contribution in [2.24, 2.45) is 5.10 Å². The Morgan fingerprint density at radius 2 is 1.92 bits per heavy atom. The van der Waals surface area contributed by atoms with Crippen LogP contribution < -0.4 is 26.7 Å². The molecule has 36 heavy (non-hydrogen) atoms. The zero-order valence-corrected chi connectivity index (χ0v) is 21.6. The van der Waals surface area contributed by atoms with Gasteiger partial charge in [0.2, 0.25) is 5.95 Å². The zero-order chi connectivity index (χ0) is 26.1. The number of hydrogen-bond acceptors (Lipinski definition) is 9. The Labute approximate surface area is 211 Å². The fourth-order valence-electron chi connectivity index (χ4n) is 3.44. The number of hydrogen-bond donors (Lipinski definition) is 5. The van der Waals surface area contributed by atoms with Crippen LogP contribution in [0.5, 0.6) is 0 Å². The number of rotatable bonds is 10. The summed E-state index contributed by atoms with van der Waals surface area (Å²) in [4.78, 5) is 33.4. The van der Waals surface area contributed by atoms with Crippen LogP contribution in [0, 0.1) is 0 Å². The minimum Gasteiger partial charge on any atom is -0.444 e. The molecule has 1 aromatic heterocycles. The van der Waals surface area contributed by atoms with E-state index in [1.54, 1.807) is 27.0 Å². The van der Waals surface area contributed by atoms with E-state index in [-0.39, 0.29) is 11.9 Å². The van der Waals surface area contributed by atoms with Crippen molar-refractivity contribution in [1.82, 2.24) is 26.0 Å². The number of fused-ring (bicyclic) bond motifs is 1. The average molecular weight is 497 g/mol. The highest BCUT2D eigenvalue weighted by molar-refractivity contribution is 5.98. The van der Waals surface area contributed by atoms with Crippen molar-refractivity contribution < 1.29 is 14.3 Å². The lowest BCUT2D eigenvalue weighted by atomic mass is 10.0. The summed E-state index contributed by atoms with van der Waals surface area (Å²) < 4.78 is 5.20. The molecule has 2 amide bonds. The van der Waals surface area contributed by atoms with Gasteiger partial charge in [-0.15, -0.1) is 0 Å². The standard InChI is InChI=1S/C25H36N8O3/c1-6-10-26-21-20(22(34)27-11-7-12-28-24(35)36-25(3,4)5)15-29-23(32-21)31-18-9-8-17-14-30-33-16(2)19(17)13-18/h8-9,13-16,33H,6-7,10-12H2,1-5H3,(H,27,34)(H,28,35)(H2,26,29,31,32). The number of carbonyl (C=O) groups is 2. The van der Waals surface area contributed by atoms with Crippen LogP contribution in [0.15, 0.2) is 29.5 Å². The molecule has 3 rings (SSSR count). The van der Waals surface area contributed by atoms with Gasteiger partial charge in [0, 0.05) is 31.5 Å². The number of amides is 2. The first-order chi connectivity index (χ1) is 17.2. The van der Waals surface area contributed by atoms with Gasteiger partial charge in [-0.3, -0.25) is 4.79 Å². The Morgan fingerprint density at radius 3 is 2.67 bits per heavy atom. The Hall–Kier alpha value is -3.89. The molecule has 1 aliphatic rings. The quantitative estimate of drug-likeness (QED) is 0.314.